The van der Waals surface area contributed by atoms with E-state index >= 15 is 0 Å². The highest BCUT2D eigenvalue weighted by atomic mass is 35.5. The summed E-state index contributed by atoms with van der Waals surface area (Å²) in [5.74, 6) is 0. The Labute approximate surface area is 133 Å². The minimum absolute atomic E-state index is 0.192. The second-order valence-electron chi connectivity index (χ2n) is 5.01. The van der Waals surface area contributed by atoms with Crippen molar-refractivity contribution in [1.29, 1.82) is 0 Å². The maximum atomic E-state index is 12.3. The van der Waals surface area contributed by atoms with Crippen molar-refractivity contribution < 1.29 is 8.42 Å². The number of rotatable bonds is 3. The first-order valence-electron chi connectivity index (χ1n) is 6.81. The summed E-state index contributed by atoms with van der Waals surface area (Å²) in [6.45, 7) is 0. The number of benzene rings is 1. The van der Waals surface area contributed by atoms with E-state index in [-0.39, 0.29) is 4.90 Å². The highest BCUT2D eigenvalue weighted by Gasteiger charge is 2.19. The van der Waals surface area contributed by atoms with Crippen molar-refractivity contribution in [2.75, 3.05) is 4.72 Å². The molecule has 2 aromatic rings. The standard InChI is InChI=1S/C14H15ClN2O2S2/c15-10-6-8-11(9-7-10)21(18,19)17-14-16-12-4-2-1-3-5-13(12)20-14/h6-9H,1-5H2,(H,16,17). The number of nitrogens with zero attached hydrogens (tertiary/aromatic N) is 1. The third kappa shape index (κ3) is 3.39. The summed E-state index contributed by atoms with van der Waals surface area (Å²) in [5.41, 5.74) is 1.05. The van der Waals surface area contributed by atoms with Gasteiger partial charge in [-0.25, -0.2) is 13.4 Å². The van der Waals surface area contributed by atoms with Gasteiger partial charge in [0.15, 0.2) is 5.13 Å². The van der Waals surface area contributed by atoms with Crippen LogP contribution in [-0.2, 0) is 22.9 Å². The number of nitrogens with one attached hydrogen (secondary N) is 1. The minimum atomic E-state index is -3.60. The van der Waals surface area contributed by atoms with E-state index in [0.29, 0.717) is 10.2 Å². The zero-order valence-corrected chi connectivity index (χ0v) is 13.7. The lowest BCUT2D eigenvalue weighted by Gasteiger charge is -2.05. The lowest BCUT2D eigenvalue weighted by atomic mass is 10.2. The average molecular weight is 343 g/mol. The van der Waals surface area contributed by atoms with Crippen LogP contribution in [0.2, 0.25) is 5.02 Å². The van der Waals surface area contributed by atoms with Gasteiger partial charge in [0.25, 0.3) is 10.0 Å². The molecule has 0 bridgehead atoms. The Balaban J connectivity index is 1.84. The van der Waals surface area contributed by atoms with Crippen molar-refractivity contribution in [1.82, 2.24) is 4.98 Å². The van der Waals surface area contributed by atoms with Crippen LogP contribution in [-0.4, -0.2) is 13.4 Å². The second-order valence-corrected chi connectivity index (χ2v) is 8.21. The number of fused-ring (bicyclic) bond motifs is 1. The van der Waals surface area contributed by atoms with Gasteiger partial charge in [0.1, 0.15) is 0 Å². The minimum Gasteiger partial charge on any atom is -0.255 e. The molecule has 0 spiro atoms. The molecule has 0 fully saturated rings. The molecule has 112 valence electrons. The number of anilines is 1. The number of halogens is 1. The maximum Gasteiger partial charge on any atom is 0.263 e. The van der Waals surface area contributed by atoms with E-state index < -0.39 is 10.0 Å². The summed E-state index contributed by atoms with van der Waals surface area (Å²) in [6.07, 6.45) is 5.43. The molecule has 0 unspecified atom stereocenters. The van der Waals surface area contributed by atoms with E-state index in [1.807, 2.05) is 0 Å². The second kappa shape index (κ2) is 5.94. The van der Waals surface area contributed by atoms with Crippen molar-refractivity contribution in [2.45, 2.75) is 37.0 Å². The van der Waals surface area contributed by atoms with Gasteiger partial charge >= 0.3 is 0 Å². The van der Waals surface area contributed by atoms with E-state index in [1.54, 1.807) is 12.1 Å². The molecular weight excluding hydrogens is 328 g/mol. The fourth-order valence-electron chi connectivity index (χ4n) is 2.36. The molecule has 1 aromatic heterocycles. The topological polar surface area (TPSA) is 59.1 Å². The number of aryl methyl sites for hydroxylation is 2. The van der Waals surface area contributed by atoms with Crippen molar-refractivity contribution >= 4 is 38.1 Å². The lowest BCUT2D eigenvalue weighted by molar-refractivity contribution is 0.601. The lowest BCUT2D eigenvalue weighted by Crippen LogP contribution is -2.12. The van der Waals surface area contributed by atoms with Gasteiger partial charge in [-0.1, -0.05) is 18.0 Å². The molecule has 1 heterocycles. The van der Waals surface area contributed by atoms with Gasteiger partial charge in [-0.2, -0.15) is 0 Å². The van der Waals surface area contributed by atoms with Crippen LogP contribution >= 0.6 is 22.9 Å². The van der Waals surface area contributed by atoms with Crippen LogP contribution in [0.4, 0.5) is 5.13 Å². The predicted octanol–water partition coefficient (Wildman–Crippen LogP) is 3.87. The van der Waals surface area contributed by atoms with Gasteiger partial charge in [0.05, 0.1) is 10.6 Å². The summed E-state index contributed by atoms with van der Waals surface area (Å²) < 4.78 is 27.2. The molecule has 21 heavy (non-hydrogen) atoms. The van der Waals surface area contributed by atoms with Crippen LogP contribution in [0.15, 0.2) is 29.2 Å². The Morgan fingerprint density at radius 1 is 1.10 bits per heavy atom. The Morgan fingerprint density at radius 2 is 1.81 bits per heavy atom. The van der Waals surface area contributed by atoms with E-state index in [4.69, 9.17) is 11.6 Å². The number of sulfonamides is 1. The molecule has 0 saturated carbocycles. The van der Waals surface area contributed by atoms with E-state index in [0.717, 1.165) is 31.4 Å². The van der Waals surface area contributed by atoms with Crippen molar-refractivity contribution in [2.24, 2.45) is 0 Å². The smallest absolute Gasteiger partial charge is 0.255 e. The Morgan fingerprint density at radius 3 is 2.57 bits per heavy atom. The molecule has 1 N–H and O–H groups in total. The van der Waals surface area contributed by atoms with Crippen LogP contribution in [0, 0.1) is 0 Å². The van der Waals surface area contributed by atoms with Crippen LogP contribution in [0.25, 0.3) is 0 Å². The largest absolute Gasteiger partial charge is 0.263 e. The molecular formula is C14H15ClN2O2S2. The van der Waals surface area contributed by atoms with Crippen LogP contribution < -0.4 is 4.72 Å². The van der Waals surface area contributed by atoms with E-state index in [2.05, 4.69) is 9.71 Å². The molecule has 0 radical (unpaired) electrons. The number of hydrogen-bond acceptors (Lipinski definition) is 4. The van der Waals surface area contributed by atoms with Gasteiger partial charge in [0.2, 0.25) is 0 Å². The quantitative estimate of drug-likeness (QED) is 0.861. The van der Waals surface area contributed by atoms with Crippen molar-refractivity contribution in [3.8, 4) is 0 Å². The van der Waals surface area contributed by atoms with Gasteiger partial charge in [-0.3, -0.25) is 4.72 Å². The maximum absolute atomic E-state index is 12.3. The Bertz CT molecular complexity index is 715. The first kappa shape index (κ1) is 14.8. The first-order valence-corrected chi connectivity index (χ1v) is 9.49. The summed E-state index contributed by atoms with van der Waals surface area (Å²) >= 11 is 7.23. The molecule has 1 aromatic carbocycles. The molecule has 0 amide bonds. The fourth-order valence-corrected chi connectivity index (χ4v) is 4.77. The highest BCUT2D eigenvalue weighted by molar-refractivity contribution is 7.93. The van der Waals surface area contributed by atoms with Crippen LogP contribution in [0.5, 0.6) is 0 Å². The normalized spacial score (nSPS) is 15.3. The zero-order chi connectivity index (χ0) is 14.9. The third-order valence-corrected chi connectivity index (χ3v) is 6.25. The summed E-state index contributed by atoms with van der Waals surface area (Å²) in [4.78, 5) is 5.84. The van der Waals surface area contributed by atoms with Gasteiger partial charge in [-0.15, -0.1) is 11.3 Å². The summed E-state index contributed by atoms with van der Waals surface area (Å²) in [7, 11) is -3.60. The molecule has 7 heteroatoms. The Kier molecular flexibility index (Phi) is 4.19. The highest BCUT2D eigenvalue weighted by Crippen LogP contribution is 2.30. The fraction of sp³-hybridized carbons (Fsp3) is 0.357. The van der Waals surface area contributed by atoms with E-state index in [1.165, 1.54) is 34.8 Å². The molecule has 1 aliphatic rings. The summed E-state index contributed by atoms with van der Waals surface area (Å²) in [6, 6.07) is 6.10. The molecule has 1 aliphatic carbocycles. The van der Waals surface area contributed by atoms with E-state index in [9.17, 15) is 8.42 Å². The third-order valence-electron chi connectivity index (χ3n) is 3.44. The SMILES string of the molecule is O=S(=O)(Nc1nc2c(s1)CCCCC2)c1ccc(Cl)cc1. The van der Waals surface area contributed by atoms with Crippen LogP contribution in [0.1, 0.15) is 29.8 Å². The Hall–Kier alpha value is -1.11. The molecule has 3 rings (SSSR count). The average Bonchev–Trinajstić information content (AvgIpc) is 2.67. The molecule has 0 aliphatic heterocycles. The first-order chi connectivity index (χ1) is 10.0. The number of aromatic nitrogens is 1. The number of hydrogen-bond donors (Lipinski definition) is 1. The molecule has 0 atom stereocenters. The molecule has 0 saturated heterocycles. The number of thiazole rings is 1. The zero-order valence-electron chi connectivity index (χ0n) is 11.3. The van der Waals surface area contributed by atoms with Crippen molar-refractivity contribution in [3.05, 3.63) is 39.9 Å². The van der Waals surface area contributed by atoms with Gasteiger partial charge in [-0.05, 0) is 49.9 Å². The van der Waals surface area contributed by atoms with Gasteiger partial charge < -0.3 is 0 Å². The van der Waals surface area contributed by atoms with Crippen molar-refractivity contribution in [3.63, 3.8) is 0 Å². The molecule has 4 nitrogen and oxygen atoms in total. The van der Waals surface area contributed by atoms with Crippen LogP contribution in [0.3, 0.4) is 0 Å². The predicted molar refractivity (Wildman–Crippen MR) is 85.6 cm³/mol. The summed E-state index contributed by atoms with van der Waals surface area (Å²) in [5, 5.41) is 0.965. The monoisotopic (exact) mass is 342 g/mol. The van der Waals surface area contributed by atoms with Gasteiger partial charge in [0, 0.05) is 9.90 Å².